The molecule has 11 heteroatoms. The van der Waals surface area contributed by atoms with Crippen molar-refractivity contribution in [2.75, 3.05) is 55.5 Å². The van der Waals surface area contributed by atoms with Crippen LogP contribution in [0.4, 0.5) is 11.5 Å². The maximum Gasteiger partial charge on any atom is 0.303 e. The smallest absolute Gasteiger partial charge is 0.303 e. The summed E-state index contributed by atoms with van der Waals surface area (Å²) < 4.78 is 11.7. The third-order valence-electron chi connectivity index (χ3n) is 8.83. The predicted octanol–water partition coefficient (Wildman–Crippen LogP) is 6.53. The zero-order valence-electron chi connectivity index (χ0n) is 28.4. The minimum absolute atomic E-state index is 0.0000510. The number of rotatable bonds is 15. The number of aliphatic carboxylic acids is 1. The standard InChI is InChI=1S/C37H48N4O6S/c1-37(2,3)24-41(32-6-5-7-34(39-32)48-19-18-42)36(45)29-11-10-28(46-4)21-31(29)40-16-13-25(14-17-40)23-47-33-20-27(12-15-38-33)30(22-35(43)44)26-8-9-26/h5-7,10-12,15,20-21,25-26,30,42H,8-9,13-14,16-19,22-24H2,1-4H3,(H,43,44). The van der Waals surface area contributed by atoms with Crippen LogP contribution in [0.1, 0.15) is 74.7 Å². The van der Waals surface area contributed by atoms with E-state index in [0.717, 1.165) is 55.0 Å². The van der Waals surface area contributed by atoms with Crippen molar-refractivity contribution in [2.45, 2.75) is 63.8 Å². The molecule has 1 unspecified atom stereocenters. The summed E-state index contributed by atoms with van der Waals surface area (Å²) >= 11 is 1.46. The summed E-state index contributed by atoms with van der Waals surface area (Å²) in [5.74, 6) is 2.18. The normalized spacial score (nSPS) is 16.0. The number of piperidine rings is 1. The first kappa shape index (κ1) is 35.5. The summed E-state index contributed by atoms with van der Waals surface area (Å²) in [5, 5.41) is 19.5. The molecule has 0 spiro atoms. The Morgan fingerprint density at radius 3 is 2.52 bits per heavy atom. The number of carbonyl (C=O) groups excluding carboxylic acids is 1. The molecule has 1 saturated heterocycles. The summed E-state index contributed by atoms with van der Waals surface area (Å²) in [6.07, 6.45) is 5.74. The van der Waals surface area contributed by atoms with E-state index >= 15 is 0 Å². The molecule has 1 aliphatic carbocycles. The minimum Gasteiger partial charge on any atom is -0.497 e. The highest BCUT2D eigenvalue weighted by atomic mass is 32.2. The lowest BCUT2D eigenvalue weighted by atomic mass is 9.92. The van der Waals surface area contributed by atoms with Gasteiger partial charge < -0.3 is 24.6 Å². The third kappa shape index (κ3) is 9.63. The quantitative estimate of drug-likeness (QED) is 0.172. The highest BCUT2D eigenvalue weighted by molar-refractivity contribution is 7.99. The number of benzene rings is 1. The zero-order chi connectivity index (χ0) is 34.3. The zero-order valence-corrected chi connectivity index (χ0v) is 29.2. The summed E-state index contributed by atoms with van der Waals surface area (Å²) in [6, 6.07) is 15.1. The molecule has 0 radical (unpaired) electrons. The first-order valence-corrected chi connectivity index (χ1v) is 17.8. The van der Waals surface area contributed by atoms with E-state index in [1.807, 2.05) is 48.5 Å². The molecule has 1 saturated carbocycles. The number of carbonyl (C=O) groups is 2. The molecule has 1 aliphatic heterocycles. The van der Waals surface area contributed by atoms with E-state index in [-0.39, 0.29) is 30.3 Å². The number of anilines is 2. The Morgan fingerprint density at radius 1 is 1.08 bits per heavy atom. The second-order valence-electron chi connectivity index (χ2n) is 14.0. The number of aliphatic hydroxyl groups excluding tert-OH is 1. The van der Waals surface area contributed by atoms with E-state index in [1.54, 1.807) is 18.2 Å². The van der Waals surface area contributed by atoms with Crippen LogP contribution in [0, 0.1) is 17.3 Å². The number of aliphatic hydroxyl groups is 1. The number of pyridine rings is 2. The molecule has 48 heavy (non-hydrogen) atoms. The second kappa shape index (κ2) is 16.0. The topological polar surface area (TPSA) is 125 Å². The van der Waals surface area contributed by atoms with Gasteiger partial charge in [0.15, 0.2) is 0 Å². The summed E-state index contributed by atoms with van der Waals surface area (Å²) in [7, 11) is 1.63. The largest absolute Gasteiger partial charge is 0.497 e. The van der Waals surface area contributed by atoms with Crippen LogP contribution in [0.15, 0.2) is 59.8 Å². The fourth-order valence-electron chi connectivity index (χ4n) is 6.26. The third-order valence-corrected chi connectivity index (χ3v) is 9.74. The molecular formula is C37H48N4O6S. The molecular weight excluding hydrogens is 628 g/mol. The van der Waals surface area contributed by atoms with Gasteiger partial charge in [-0.3, -0.25) is 14.5 Å². The van der Waals surface area contributed by atoms with Crippen molar-refractivity contribution < 1.29 is 29.3 Å². The van der Waals surface area contributed by atoms with E-state index < -0.39 is 5.97 Å². The number of hydrogen-bond donors (Lipinski definition) is 2. The van der Waals surface area contributed by atoms with Crippen LogP contribution in [0.2, 0.25) is 0 Å². The molecule has 2 fully saturated rings. The molecule has 3 heterocycles. The van der Waals surface area contributed by atoms with Crippen LogP contribution >= 0.6 is 11.8 Å². The van der Waals surface area contributed by atoms with Gasteiger partial charge >= 0.3 is 5.97 Å². The number of nitrogens with zero attached hydrogens (tertiary/aromatic N) is 4. The number of carboxylic acids is 1. The lowest BCUT2D eigenvalue weighted by Gasteiger charge is -2.36. The van der Waals surface area contributed by atoms with E-state index in [2.05, 4.69) is 30.7 Å². The van der Waals surface area contributed by atoms with Gasteiger partial charge in [-0.05, 0) is 84.7 Å². The van der Waals surface area contributed by atoms with E-state index in [4.69, 9.17) is 14.5 Å². The van der Waals surface area contributed by atoms with E-state index in [1.165, 1.54) is 11.8 Å². The van der Waals surface area contributed by atoms with E-state index in [9.17, 15) is 19.8 Å². The van der Waals surface area contributed by atoms with Gasteiger partial charge in [0.05, 0.1) is 43.0 Å². The number of hydrogen-bond acceptors (Lipinski definition) is 9. The van der Waals surface area contributed by atoms with Gasteiger partial charge in [-0.25, -0.2) is 9.97 Å². The number of ether oxygens (including phenoxy) is 2. The van der Waals surface area contributed by atoms with Crippen LogP contribution in [0.5, 0.6) is 11.6 Å². The average Bonchev–Trinajstić information content (AvgIpc) is 3.93. The molecule has 0 bridgehead atoms. The monoisotopic (exact) mass is 676 g/mol. The molecule has 2 aromatic heterocycles. The van der Waals surface area contributed by atoms with Gasteiger partial charge in [0.2, 0.25) is 5.88 Å². The maximum absolute atomic E-state index is 14.4. The van der Waals surface area contributed by atoms with Gasteiger partial charge in [0.25, 0.3) is 5.91 Å². The van der Waals surface area contributed by atoms with Gasteiger partial charge in [-0.1, -0.05) is 26.8 Å². The first-order valence-electron chi connectivity index (χ1n) is 16.8. The molecule has 1 amide bonds. The predicted molar refractivity (Wildman–Crippen MR) is 189 cm³/mol. The molecule has 258 valence electrons. The number of carboxylic acid groups (broad SMARTS) is 1. The fourth-order valence-corrected chi connectivity index (χ4v) is 6.90. The molecule has 1 atom stereocenters. The molecule has 10 nitrogen and oxygen atoms in total. The van der Waals surface area contributed by atoms with Crippen molar-refractivity contribution in [3.63, 3.8) is 0 Å². The second-order valence-corrected chi connectivity index (χ2v) is 15.1. The van der Waals surface area contributed by atoms with Crippen molar-refractivity contribution >= 4 is 35.1 Å². The van der Waals surface area contributed by atoms with Crippen LogP contribution in [0.3, 0.4) is 0 Å². The lowest BCUT2D eigenvalue weighted by molar-refractivity contribution is -0.137. The lowest BCUT2D eigenvalue weighted by Crippen LogP contribution is -2.41. The van der Waals surface area contributed by atoms with E-state index in [0.29, 0.717) is 53.8 Å². The van der Waals surface area contributed by atoms with Crippen molar-refractivity contribution in [3.8, 4) is 11.6 Å². The Hall–Kier alpha value is -3.83. The van der Waals surface area contributed by atoms with Gasteiger partial charge in [0, 0.05) is 43.7 Å². The van der Waals surface area contributed by atoms with Gasteiger partial charge in [-0.2, -0.15) is 0 Å². The number of thioether (sulfide) groups is 1. The van der Waals surface area contributed by atoms with Crippen LogP contribution in [0.25, 0.3) is 0 Å². The Bertz CT molecular complexity index is 1550. The molecule has 1 aromatic carbocycles. The average molecular weight is 677 g/mol. The van der Waals surface area contributed by atoms with Crippen molar-refractivity contribution in [1.82, 2.24) is 9.97 Å². The maximum atomic E-state index is 14.4. The Balaban J connectivity index is 1.29. The SMILES string of the molecule is COc1ccc(C(=O)N(CC(C)(C)C)c2cccc(SCCO)n2)c(N2CCC(COc3cc(C(CC(=O)O)C4CC4)ccn3)CC2)c1. The van der Waals surface area contributed by atoms with Crippen molar-refractivity contribution in [1.29, 1.82) is 0 Å². The molecule has 2 aliphatic rings. The summed E-state index contributed by atoms with van der Waals surface area (Å²) in [6.45, 7) is 8.87. The fraction of sp³-hybridized carbons (Fsp3) is 0.514. The summed E-state index contributed by atoms with van der Waals surface area (Å²) in [5.41, 5.74) is 2.24. The number of methoxy groups -OCH3 is 1. The Kier molecular flexibility index (Phi) is 11.9. The first-order chi connectivity index (χ1) is 23.0. The Labute approximate surface area is 287 Å². The highest BCUT2D eigenvalue weighted by Crippen LogP contribution is 2.45. The molecule has 5 rings (SSSR count). The molecule has 2 N–H and O–H groups in total. The van der Waals surface area contributed by atoms with Crippen LogP contribution in [-0.4, -0.2) is 77.8 Å². The molecule has 3 aromatic rings. The number of amides is 1. The summed E-state index contributed by atoms with van der Waals surface area (Å²) in [4.78, 5) is 39.1. The highest BCUT2D eigenvalue weighted by Gasteiger charge is 2.34. The van der Waals surface area contributed by atoms with Crippen molar-refractivity contribution in [2.24, 2.45) is 17.3 Å². The van der Waals surface area contributed by atoms with Crippen LogP contribution in [-0.2, 0) is 4.79 Å². The van der Waals surface area contributed by atoms with Gasteiger partial charge in [-0.15, -0.1) is 11.8 Å². The number of aromatic nitrogens is 2. The van der Waals surface area contributed by atoms with Crippen LogP contribution < -0.4 is 19.3 Å². The van der Waals surface area contributed by atoms with Crippen molar-refractivity contribution in [3.05, 3.63) is 65.9 Å². The van der Waals surface area contributed by atoms with Gasteiger partial charge in [0.1, 0.15) is 11.6 Å². The minimum atomic E-state index is -0.778. The Morgan fingerprint density at radius 2 is 1.85 bits per heavy atom.